The second-order valence-electron chi connectivity index (χ2n) is 10.2. The van der Waals surface area contributed by atoms with Gasteiger partial charge in [-0.25, -0.2) is 4.79 Å². The zero-order chi connectivity index (χ0) is 27.5. The first-order valence-electron chi connectivity index (χ1n) is 13.4. The average Bonchev–Trinajstić information content (AvgIpc) is 3.66. The predicted molar refractivity (Wildman–Crippen MR) is 148 cm³/mol. The van der Waals surface area contributed by atoms with Crippen LogP contribution in [0.2, 0.25) is 5.02 Å². The zero-order valence-corrected chi connectivity index (χ0v) is 22.5. The molecule has 0 unspecified atom stereocenters. The van der Waals surface area contributed by atoms with E-state index in [1.54, 1.807) is 30.3 Å². The maximum atomic E-state index is 13.2. The number of carbonyl (C=O) groups is 2. The van der Waals surface area contributed by atoms with E-state index in [0.717, 1.165) is 11.1 Å². The van der Waals surface area contributed by atoms with E-state index in [1.807, 2.05) is 60.7 Å². The number of rotatable bonds is 8. The number of hydrogen-bond donors (Lipinski definition) is 0. The van der Waals surface area contributed by atoms with E-state index in [-0.39, 0.29) is 36.9 Å². The summed E-state index contributed by atoms with van der Waals surface area (Å²) in [6.07, 6.45) is 3.68. The lowest BCUT2D eigenvalue weighted by Gasteiger charge is -2.26. The Hall–Kier alpha value is -3.65. The molecule has 2 heterocycles. The lowest BCUT2D eigenvalue weighted by atomic mass is 9.91. The Morgan fingerprint density at radius 3 is 2.48 bits per heavy atom. The van der Waals surface area contributed by atoms with E-state index in [1.165, 1.54) is 0 Å². The zero-order valence-electron chi connectivity index (χ0n) is 21.7. The van der Waals surface area contributed by atoms with Gasteiger partial charge in [-0.3, -0.25) is 4.79 Å². The number of fused-ring (bicyclic) bond motifs is 1. The molecule has 1 aliphatic carbocycles. The Labute approximate surface area is 237 Å². The molecule has 0 spiro atoms. The molecule has 3 aromatic rings. The van der Waals surface area contributed by atoms with Crippen molar-refractivity contribution in [1.29, 1.82) is 0 Å². The smallest absolute Gasteiger partial charge is 0.338 e. The average molecular weight is 561 g/mol. The van der Waals surface area contributed by atoms with E-state index >= 15 is 0 Å². The fourth-order valence-electron chi connectivity index (χ4n) is 5.62. The summed E-state index contributed by atoms with van der Waals surface area (Å²) in [5, 5.41) is 0.567. The second-order valence-corrected chi connectivity index (χ2v) is 10.6. The Bertz CT molecular complexity index is 1380. The van der Waals surface area contributed by atoms with Gasteiger partial charge < -0.3 is 23.7 Å². The van der Waals surface area contributed by atoms with Crippen molar-refractivity contribution in [2.24, 2.45) is 11.8 Å². The molecular weight excluding hydrogens is 532 g/mol. The first-order valence-corrected chi connectivity index (χ1v) is 13.8. The fraction of sp³-hybridized carbons (Fsp3) is 0.312. The maximum Gasteiger partial charge on any atom is 0.338 e. The number of ether oxygens (including phenoxy) is 5. The summed E-state index contributed by atoms with van der Waals surface area (Å²) in [4.78, 5) is 25.2. The van der Waals surface area contributed by atoms with E-state index in [2.05, 4.69) is 0 Å². The van der Waals surface area contributed by atoms with E-state index in [0.29, 0.717) is 36.0 Å². The molecule has 6 rings (SSSR count). The summed E-state index contributed by atoms with van der Waals surface area (Å²) >= 11 is 6.09. The molecule has 0 bridgehead atoms. The number of halogens is 1. The van der Waals surface area contributed by atoms with Crippen molar-refractivity contribution in [3.63, 3.8) is 0 Å². The van der Waals surface area contributed by atoms with Crippen LogP contribution in [0, 0.1) is 11.8 Å². The molecule has 0 N–H and O–H groups in total. The van der Waals surface area contributed by atoms with Gasteiger partial charge >= 0.3 is 11.9 Å². The molecular formula is C32H29ClO7. The molecule has 40 heavy (non-hydrogen) atoms. The topological polar surface area (TPSA) is 80.3 Å². The minimum Gasteiger partial charge on any atom is -0.488 e. The predicted octanol–water partition coefficient (Wildman–Crippen LogP) is 5.86. The first-order chi connectivity index (χ1) is 19.5. The third-order valence-electron chi connectivity index (χ3n) is 7.62. The fourth-order valence-corrected chi connectivity index (χ4v) is 5.80. The normalized spacial score (nSPS) is 25.1. The number of hydrogen-bond acceptors (Lipinski definition) is 7. The van der Waals surface area contributed by atoms with Crippen LogP contribution in [0.3, 0.4) is 0 Å². The highest BCUT2D eigenvalue weighted by molar-refractivity contribution is 6.30. The molecule has 1 saturated carbocycles. The first kappa shape index (κ1) is 26.6. The minimum absolute atomic E-state index is 0.102. The van der Waals surface area contributed by atoms with E-state index in [9.17, 15) is 9.59 Å². The minimum atomic E-state index is -1.11. The van der Waals surface area contributed by atoms with Gasteiger partial charge in [0.25, 0.3) is 0 Å². The molecule has 0 amide bonds. The molecule has 4 atom stereocenters. The van der Waals surface area contributed by atoms with Gasteiger partial charge in [0.05, 0.1) is 25.2 Å². The van der Waals surface area contributed by atoms with E-state index < -0.39 is 17.9 Å². The van der Waals surface area contributed by atoms with Crippen LogP contribution in [0.4, 0.5) is 0 Å². The van der Waals surface area contributed by atoms with Crippen molar-refractivity contribution >= 4 is 23.5 Å². The molecule has 7 nitrogen and oxygen atoms in total. The second kappa shape index (κ2) is 11.5. The molecule has 0 radical (unpaired) electrons. The highest BCUT2D eigenvalue weighted by Gasteiger charge is 2.51. The lowest BCUT2D eigenvalue weighted by Crippen LogP contribution is -2.36. The van der Waals surface area contributed by atoms with Crippen molar-refractivity contribution in [3.8, 4) is 16.9 Å². The van der Waals surface area contributed by atoms with Crippen molar-refractivity contribution in [2.75, 3.05) is 19.8 Å². The summed E-state index contributed by atoms with van der Waals surface area (Å²) in [6.45, 7) is 0.941. The van der Waals surface area contributed by atoms with Gasteiger partial charge in [-0.2, -0.15) is 0 Å². The van der Waals surface area contributed by atoms with Gasteiger partial charge in [0.1, 0.15) is 24.6 Å². The van der Waals surface area contributed by atoms with Crippen LogP contribution >= 0.6 is 11.6 Å². The van der Waals surface area contributed by atoms with Crippen molar-refractivity contribution in [3.05, 3.63) is 102 Å². The molecule has 3 fully saturated rings. The summed E-state index contributed by atoms with van der Waals surface area (Å²) < 4.78 is 29.4. The molecule has 3 aliphatic rings. The molecule has 0 aromatic heterocycles. The highest BCUT2D eigenvalue weighted by Crippen LogP contribution is 2.44. The van der Waals surface area contributed by atoms with Gasteiger partial charge in [0, 0.05) is 23.3 Å². The summed E-state index contributed by atoms with van der Waals surface area (Å²) in [5.41, 5.74) is 2.55. The van der Waals surface area contributed by atoms with Gasteiger partial charge in [-0.05, 0) is 47.5 Å². The summed E-state index contributed by atoms with van der Waals surface area (Å²) in [7, 11) is 0. The van der Waals surface area contributed by atoms with Gasteiger partial charge in [-0.1, -0.05) is 66.2 Å². The SMILES string of the molecule is O=C1C[C@@H]2[C@H](/C=C/C3(COc4cccc(Cl)c4)OCCO3)[C@H](OC(=O)c3ccc(-c4ccccc4)cc3)C[C@@H]2O1. The van der Waals surface area contributed by atoms with Crippen LogP contribution in [0.5, 0.6) is 5.75 Å². The third-order valence-corrected chi connectivity index (χ3v) is 7.86. The van der Waals surface area contributed by atoms with Crippen LogP contribution in [-0.2, 0) is 23.7 Å². The number of carbonyl (C=O) groups excluding carboxylic acids is 2. The largest absolute Gasteiger partial charge is 0.488 e. The number of esters is 2. The van der Waals surface area contributed by atoms with Gasteiger partial charge in [0.15, 0.2) is 0 Å². The lowest BCUT2D eigenvalue weighted by molar-refractivity contribution is -0.141. The van der Waals surface area contributed by atoms with Crippen LogP contribution < -0.4 is 4.74 Å². The molecule has 2 aliphatic heterocycles. The Balaban J connectivity index is 1.17. The Morgan fingerprint density at radius 2 is 1.73 bits per heavy atom. The van der Waals surface area contributed by atoms with Gasteiger partial charge in [0.2, 0.25) is 5.79 Å². The highest BCUT2D eigenvalue weighted by atomic mass is 35.5. The molecule has 8 heteroatoms. The van der Waals surface area contributed by atoms with Gasteiger partial charge in [-0.15, -0.1) is 0 Å². The van der Waals surface area contributed by atoms with Crippen LogP contribution in [0.15, 0.2) is 91.0 Å². The number of benzene rings is 3. The Morgan fingerprint density at radius 1 is 0.975 bits per heavy atom. The molecule has 2 saturated heterocycles. The van der Waals surface area contributed by atoms with E-state index in [4.69, 9.17) is 35.3 Å². The van der Waals surface area contributed by atoms with Crippen molar-refractivity contribution in [1.82, 2.24) is 0 Å². The maximum absolute atomic E-state index is 13.2. The molecule has 206 valence electrons. The third kappa shape index (κ3) is 5.77. The van der Waals surface area contributed by atoms with Crippen LogP contribution in [0.25, 0.3) is 11.1 Å². The van der Waals surface area contributed by atoms with Crippen molar-refractivity contribution in [2.45, 2.75) is 30.8 Å². The summed E-state index contributed by atoms with van der Waals surface area (Å²) in [6, 6.07) is 24.4. The standard InChI is InChI=1S/C32H29ClO7/c33-24-7-4-8-25(17-24)36-20-32(37-15-16-38-32)14-13-26-27-18-30(34)39-29(27)19-28(26)40-31(35)23-11-9-22(10-12-23)21-5-2-1-3-6-21/h1-14,17,26-29H,15-16,18-20H2/b14-13+/t26-,27+,28+,29-/m0/s1. The van der Waals surface area contributed by atoms with Crippen LogP contribution in [-0.4, -0.2) is 49.8 Å². The van der Waals surface area contributed by atoms with Crippen LogP contribution in [0.1, 0.15) is 23.2 Å². The van der Waals surface area contributed by atoms with Crippen molar-refractivity contribution < 1.29 is 33.3 Å². The quantitative estimate of drug-likeness (QED) is 0.252. The Kier molecular flexibility index (Phi) is 7.61. The molecule has 3 aromatic carbocycles. The monoisotopic (exact) mass is 560 g/mol. The summed E-state index contributed by atoms with van der Waals surface area (Å²) in [5.74, 6) is -1.51.